The Morgan fingerprint density at radius 3 is 2.44 bits per heavy atom. The van der Waals surface area contributed by atoms with Crippen LogP contribution in [0.1, 0.15) is 25.0 Å². The molecule has 2 N–H and O–H groups in total. The Balaban J connectivity index is 1.46. The average molecular weight is 658 g/mol. The van der Waals surface area contributed by atoms with Crippen molar-refractivity contribution in [2.24, 2.45) is 4.99 Å². The topological polar surface area (TPSA) is 98.3 Å². The molecule has 1 aliphatic heterocycles. The number of thioether (sulfide) groups is 1. The summed E-state index contributed by atoms with van der Waals surface area (Å²) in [6.45, 7) is 6.62. The maximum atomic E-state index is 12.6. The molecule has 0 unspecified atom stereocenters. The number of amidine groups is 1. The van der Waals surface area contributed by atoms with Crippen molar-refractivity contribution in [2.45, 2.75) is 20.8 Å². The van der Waals surface area contributed by atoms with Gasteiger partial charge in [-0.25, -0.2) is 4.99 Å². The summed E-state index contributed by atoms with van der Waals surface area (Å²) in [6, 6.07) is 18.6. The van der Waals surface area contributed by atoms with Gasteiger partial charge in [0.25, 0.3) is 11.8 Å². The molecule has 4 rings (SSSR count). The number of aryl methyl sites for hydroxylation is 1. The number of anilines is 1. The van der Waals surface area contributed by atoms with Gasteiger partial charge in [0.05, 0.1) is 27.4 Å². The molecular weight excluding hydrogens is 629 g/mol. The van der Waals surface area contributed by atoms with Crippen LogP contribution in [-0.2, 0) is 9.59 Å². The van der Waals surface area contributed by atoms with Crippen molar-refractivity contribution in [1.29, 1.82) is 0 Å². The maximum Gasteiger partial charge on any atom is 0.264 e. The number of carbonyl (C=O) groups is 2. The molecule has 0 spiro atoms. The molecule has 202 valence electrons. The number of ether oxygens (including phenoxy) is 3. The number of nitrogens with one attached hydrogen (secondary N) is 2. The number of rotatable bonds is 10. The fourth-order valence-corrected chi connectivity index (χ4v) is 5.20. The second kappa shape index (κ2) is 13.5. The zero-order valence-corrected chi connectivity index (χ0v) is 24.7. The SMILES string of the molecule is CCOc1ccc(N=C2NC(=O)/C(=C\c3cc(I)c(OCC(=O)Nc4ccc(C)cc4)c(OCC)c3)S2)cc1. The van der Waals surface area contributed by atoms with E-state index in [4.69, 9.17) is 14.2 Å². The number of amides is 2. The number of carbonyl (C=O) groups excluding carboxylic acids is 2. The largest absolute Gasteiger partial charge is 0.494 e. The quantitative estimate of drug-likeness (QED) is 0.196. The molecular formula is C29H28IN3O5S. The number of hydrogen-bond donors (Lipinski definition) is 2. The van der Waals surface area contributed by atoms with E-state index in [-0.39, 0.29) is 18.4 Å². The van der Waals surface area contributed by atoms with E-state index in [0.717, 1.165) is 20.4 Å². The molecule has 0 aliphatic carbocycles. The summed E-state index contributed by atoms with van der Waals surface area (Å²) in [5.41, 5.74) is 3.29. The Morgan fingerprint density at radius 2 is 1.74 bits per heavy atom. The van der Waals surface area contributed by atoms with Gasteiger partial charge in [-0.05, 0) is 115 Å². The van der Waals surface area contributed by atoms with Crippen LogP contribution in [0.5, 0.6) is 17.2 Å². The van der Waals surface area contributed by atoms with Gasteiger partial charge >= 0.3 is 0 Å². The van der Waals surface area contributed by atoms with Crippen LogP contribution in [0.4, 0.5) is 11.4 Å². The minimum atomic E-state index is -0.276. The third-order valence-electron chi connectivity index (χ3n) is 5.34. The normalized spacial score (nSPS) is 14.8. The van der Waals surface area contributed by atoms with Gasteiger partial charge < -0.3 is 24.8 Å². The summed E-state index contributed by atoms with van der Waals surface area (Å²) in [6.07, 6.45) is 1.78. The van der Waals surface area contributed by atoms with E-state index in [1.165, 1.54) is 11.8 Å². The standard InChI is InChI=1S/C29H28IN3O5S/c1-4-36-22-12-10-21(11-13-22)32-29-33-28(35)25(39-29)16-19-14-23(30)27(24(15-19)37-5-2)38-17-26(34)31-20-8-6-18(3)7-9-20/h6-16H,4-5,17H2,1-3H3,(H,31,34)(H,32,33,35)/b25-16+. The maximum absolute atomic E-state index is 12.6. The van der Waals surface area contributed by atoms with Crippen molar-refractivity contribution < 1.29 is 23.8 Å². The molecule has 39 heavy (non-hydrogen) atoms. The van der Waals surface area contributed by atoms with E-state index in [1.54, 1.807) is 12.1 Å². The number of aliphatic imine (C=N–C) groups is 1. The Morgan fingerprint density at radius 1 is 1.03 bits per heavy atom. The predicted octanol–water partition coefficient (Wildman–Crippen LogP) is 6.31. The zero-order chi connectivity index (χ0) is 27.8. The van der Waals surface area contributed by atoms with Crippen molar-refractivity contribution in [2.75, 3.05) is 25.1 Å². The van der Waals surface area contributed by atoms with E-state index >= 15 is 0 Å². The van der Waals surface area contributed by atoms with E-state index in [9.17, 15) is 9.59 Å². The summed E-state index contributed by atoms with van der Waals surface area (Å²) in [7, 11) is 0. The molecule has 1 fully saturated rings. The molecule has 0 aromatic heterocycles. The lowest BCUT2D eigenvalue weighted by molar-refractivity contribution is -0.118. The van der Waals surface area contributed by atoms with Crippen molar-refractivity contribution in [1.82, 2.24) is 5.32 Å². The van der Waals surface area contributed by atoms with Crippen LogP contribution < -0.4 is 24.8 Å². The Kier molecular flexibility index (Phi) is 9.88. The van der Waals surface area contributed by atoms with E-state index in [2.05, 4.69) is 38.2 Å². The minimum Gasteiger partial charge on any atom is -0.494 e. The van der Waals surface area contributed by atoms with Gasteiger partial charge in [-0.2, -0.15) is 0 Å². The molecule has 0 atom stereocenters. The monoisotopic (exact) mass is 657 g/mol. The summed E-state index contributed by atoms with van der Waals surface area (Å²) >= 11 is 3.40. The lowest BCUT2D eigenvalue weighted by atomic mass is 10.2. The highest BCUT2D eigenvalue weighted by atomic mass is 127. The molecule has 1 saturated heterocycles. The molecule has 0 saturated carbocycles. The highest BCUT2D eigenvalue weighted by Gasteiger charge is 2.24. The fraction of sp³-hybridized carbons (Fsp3) is 0.207. The summed E-state index contributed by atoms with van der Waals surface area (Å²) in [5, 5.41) is 6.12. The first kappa shape index (κ1) is 28.5. The van der Waals surface area contributed by atoms with Crippen LogP contribution in [0.15, 0.2) is 70.6 Å². The number of benzene rings is 3. The average Bonchev–Trinajstić information content (AvgIpc) is 3.24. The zero-order valence-electron chi connectivity index (χ0n) is 21.7. The number of nitrogens with zero attached hydrogens (tertiary/aromatic N) is 1. The molecule has 0 bridgehead atoms. The Bertz CT molecular complexity index is 1410. The van der Waals surface area contributed by atoms with Gasteiger partial charge in [0, 0.05) is 5.69 Å². The van der Waals surface area contributed by atoms with Crippen LogP contribution in [0.3, 0.4) is 0 Å². The molecule has 3 aromatic carbocycles. The molecule has 1 heterocycles. The molecule has 3 aromatic rings. The fourth-order valence-electron chi connectivity index (χ4n) is 3.58. The molecule has 0 radical (unpaired) electrons. The van der Waals surface area contributed by atoms with Gasteiger partial charge in [0.15, 0.2) is 23.3 Å². The highest BCUT2D eigenvalue weighted by molar-refractivity contribution is 14.1. The van der Waals surface area contributed by atoms with Crippen molar-refractivity contribution >= 4 is 68.8 Å². The number of hydrogen-bond acceptors (Lipinski definition) is 7. The predicted molar refractivity (Wildman–Crippen MR) is 164 cm³/mol. The van der Waals surface area contributed by atoms with Crippen molar-refractivity contribution in [3.63, 3.8) is 0 Å². The van der Waals surface area contributed by atoms with Gasteiger partial charge in [0.2, 0.25) is 0 Å². The second-order valence-corrected chi connectivity index (χ2v) is 10.6. The molecule has 1 aliphatic rings. The van der Waals surface area contributed by atoms with Gasteiger partial charge in [-0.3, -0.25) is 9.59 Å². The van der Waals surface area contributed by atoms with Crippen molar-refractivity contribution in [3.8, 4) is 17.2 Å². The summed E-state index contributed by atoms with van der Waals surface area (Å²) < 4.78 is 17.9. The first-order valence-corrected chi connectivity index (χ1v) is 14.2. The smallest absolute Gasteiger partial charge is 0.264 e. The van der Waals surface area contributed by atoms with Crippen LogP contribution in [0, 0.1) is 10.5 Å². The van der Waals surface area contributed by atoms with Gasteiger partial charge in [-0.1, -0.05) is 17.7 Å². The lowest BCUT2D eigenvalue weighted by Crippen LogP contribution is -2.20. The van der Waals surface area contributed by atoms with Crippen LogP contribution in [0.2, 0.25) is 0 Å². The van der Waals surface area contributed by atoms with Crippen LogP contribution >= 0.6 is 34.4 Å². The Labute approximate surface area is 245 Å². The summed E-state index contributed by atoms with van der Waals surface area (Å²) in [5.74, 6) is 1.22. The molecule has 8 nitrogen and oxygen atoms in total. The molecule has 10 heteroatoms. The molecule has 2 amide bonds. The first-order valence-electron chi connectivity index (χ1n) is 12.3. The Hall–Kier alpha value is -3.51. The van der Waals surface area contributed by atoms with Gasteiger partial charge in [0.1, 0.15) is 5.75 Å². The van der Waals surface area contributed by atoms with E-state index in [1.807, 2.05) is 75.4 Å². The third kappa shape index (κ3) is 7.99. The second-order valence-electron chi connectivity index (χ2n) is 8.37. The van der Waals surface area contributed by atoms with Gasteiger partial charge in [-0.15, -0.1) is 0 Å². The van der Waals surface area contributed by atoms with E-state index in [0.29, 0.717) is 46.2 Å². The first-order chi connectivity index (χ1) is 18.8. The van der Waals surface area contributed by atoms with E-state index < -0.39 is 0 Å². The van der Waals surface area contributed by atoms with Crippen LogP contribution in [0.25, 0.3) is 6.08 Å². The number of halogens is 1. The third-order valence-corrected chi connectivity index (χ3v) is 7.05. The summed E-state index contributed by atoms with van der Waals surface area (Å²) in [4.78, 5) is 30.1. The minimum absolute atomic E-state index is 0.173. The van der Waals surface area contributed by atoms with Crippen molar-refractivity contribution in [3.05, 3.63) is 80.3 Å². The highest BCUT2D eigenvalue weighted by Crippen LogP contribution is 2.36. The van der Waals surface area contributed by atoms with Crippen LogP contribution in [-0.4, -0.2) is 36.8 Å². The lowest BCUT2D eigenvalue weighted by Gasteiger charge is -2.15.